The first-order chi connectivity index (χ1) is 12.5. The summed E-state index contributed by atoms with van der Waals surface area (Å²) in [5.41, 5.74) is 1.65. The van der Waals surface area contributed by atoms with Gasteiger partial charge in [0.15, 0.2) is 0 Å². The van der Waals surface area contributed by atoms with Gasteiger partial charge in [-0.15, -0.1) is 0 Å². The molecule has 1 fully saturated rings. The van der Waals surface area contributed by atoms with Gasteiger partial charge in [-0.05, 0) is 37.1 Å². The predicted octanol–water partition coefficient (Wildman–Crippen LogP) is 3.03. The Labute approximate surface area is 153 Å². The van der Waals surface area contributed by atoms with Gasteiger partial charge >= 0.3 is 6.03 Å². The lowest BCUT2D eigenvalue weighted by molar-refractivity contribution is 0.102. The highest BCUT2D eigenvalue weighted by molar-refractivity contribution is 6.07. The van der Waals surface area contributed by atoms with Crippen LogP contribution in [0.5, 0.6) is 0 Å². The second-order valence-electron chi connectivity index (χ2n) is 6.42. The number of urea groups is 1. The lowest BCUT2D eigenvalue weighted by atomic mass is 10.2. The van der Waals surface area contributed by atoms with E-state index in [1.54, 1.807) is 35.4 Å². The van der Waals surface area contributed by atoms with E-state index in [2.05, 4.69) is 15.6 Å². The molecule has 0 saturated carbocycles. The molecule has 1 aliphatic heterocycles. The third kappa shape index (κ3) is 4.11. The molecule has 0 spiro atoms. The maximum Gasteiger partial charge on any atom is 0.321 e. The number of amides is 3. The minimum Gasteiger partial charge on any atom is -0.363 e. The Kier molecular flexibility index (Phi) is 5.36. The van der Waals surface area contributed by atoms with E-state index in [0.717, 1.165) is 25.9 Å². The Bertz CT molecular complexity index is 800. The zero-order valence-corrected chi connectivity index (χ0v) is 15.0. The number of hydrogen-bond acceptors (Lipinski definition) is 4. The summed E-state index contributed by atoms with van der Waals surface area (Å²) in [6, 6.07) is 10.4. The van der Waals surface area contributed by atoms with E-state index >= 15 is 0 Å². The van der Waals surface area contributed by atoms with E-state index in [4.69, 9.17) is 0 Å². The smallest absolute Gasteiger partial charge is 0.321 e. The third-order valence-corrected chi connectivity index (χ3v) is 4.28. The number of pyridine rings is 1. The van der Waals surface area contributed by atoms with Gasteiger partial charge in [-0.2, -0.15) is 0 Å². The van der Waals surface area contributed by atoms with Crippen LogP contribution in [0.4, 0.5) is 22.0 Å². The van der Waals surface area contributed by atoms with E-state index in [9.17, 15) is 9.59 Å². The molecule has 2 aromatic rings. The number of nitrogens with one attached hydrogen (secondary N) is 2. The van der Waals surface area contributed by atoms with Crippen LogP contribution in [0.1, 0.15) is 23.2 Å². The average Bonchev–Trinajstić information content (AvgIpc) is 3.18. The van der Waals surface area contributed by atoms with Gasteiger partial charge in [-0.1, -0.05) is 12.1 Å². The van der Waals surface area contributed by atoms with E-state index in [0.29, 0.717) is 22.8 Å². The monoisotopic (exact) mass is 353 g/mol. The van der Waals surface area contributed by atoms with Crippen LogP contribution in [0.15, 0.2) is 42.6 Å². The van der Waals surface area contributed by atoms with Crippen LogP contribution < -0.4 is 15.5 Å². The molecule has 0 aliphatic carbocycles. The molecule has 2 heterocycles. The average molecular weight is 353 g/mol. The first-order valence-corrected chi connectivity index (χ1v) is 8.64. The summed E-state index contributed by atoms with van der Waals surface area (Å²) in [5.74, 6) is 0.451. The first-order valence-electron chi connectivity index (χ1n) is 8.64. The van der Waals surface area contributed by atoms with Gasteiger partial charge < -0.3 is 20.4 Å². The number of para-hydroxylation sites is 2. The SMILES string of the molecule is CN(C)c1cc(C(=O)Nc2ccccc2NC(=O)N2CCCC2)ccn1. The molecule has 0 atom stereocenters. The van der Waals surface area contributed by atoms with Crippen LogP contribution in [-0.2, 0) is 0 Å². The van der Waals surface area contributed by atoms with Crippen molar-refractivity contribution in [1.82, 2.24) is 9.88 Å². The highest BCUT2D eigenvalue weighted by Crippen LogP contribution is 2.23. The summed E-state index contributed by atoms with van der Waals surface area (Å²) in [6.45, 7) is 1.54. The van der Waals surface area contributed by atoms with Crippen molar-refractivity contribution in [1.29, 1.82) is 0 Å². The number of hydrogen-bond donors (Lipinski definition) is 2. The molecule has 1 saturated heterocycles. The number of benzene rings is 1. The summed E-state index contributed by atoms with van der Waals surface area (Å²) in [4.78, 5) is 32.8. The Morgan fingerprint density at radius 2 is 1.69 bits per heavy atom. The molecule has 1 aromatic heterocycles. The minimum absolute atomic E-state index is 0.136. The standard InChI is InChI=1S/C19H23N5O2/c1-23(2)17-13-14(9-10-20-17)18(25)21-15-7-3-4-8-16(15)22-19(26)24-11-5-6-12-24/h3-4,7-10,13H,5-6,11-12H2,1-2H3,(H,21,25)(H,22,26). The van der Waals surface area contributed by atoms with Crippen LogP contribution in [0.25, 0.3) is 0 Å². The second kappa shape index (κ2) is 7.86. The fraction of sp³-hybridized carbons (Fsp3) is 0.316. The maximum absolute atomic E-state index is 12.6. The van der Waals surface area contributed by atoms with Crippen molar-refractivity contribution >= 4 is 29.1 Å². The molecular formula is C19H23N5O2. The van der Waals surface area contributed by atoms with Gasteiger partial charge in [-0.3, -0.25) is 4.79 Å². The van der Waals surface area contributed by atoms with Crippen LogP contribution in [0, 0.1) is 0 Å². The van der Waals surface area contributed by atoms with Crippen molar-refractivity contribution in [2.75, 3.05) is 42.7 Å². The van der Waals surface area contributed by atoms with Gasteiger partial charge in [-0.25, -0.2) is 9.78 Å². The van der Waals surface area contributed by atoms with Crippen LogP contribution in [0.2, 0.25) is 0 Å². The molecule has 136 valence electrons. The van der Waals surface area contributed by atoms with Crippen molar-refractivity contribution in [2.24, 2.45) is 0 Å². The molecular weight excluding hydrogens is 330 g/mol. The summed E-state index contributed by atoms with van der Waals surface area (Å²) < 4.78 is 0. The fourth-order valence-corrected chi connectivity index (χ4v) is 2.81. The van der Waals surface area contributed by atoms with E-state index in [1.807, 2.05) is 31.1 Å². The molecule has 0 unspecified atom stereocenters. The normalized spacial score (nSPS) is 13.4. The number of anilines is 3. The van der Waals surface area contributed by atoms with E-state index < -0.39 is 0 Å². The zero-order valence-electron chi connectivity index (χ0n) is 15.0. The molecule has 3 rings (SSSR count). The fourth-order valence-electron chi connectivity index (χ4n) is 2.81. The summed E-state index contributed by atoms with van der Waals surface area (Å²) in [7, 11) is 3.74. The maximum atomic E-state index is 12.6. The largest absolute Gasteiger partial charge is 0.363 e. The van der Waals surface area contributed by atoms with Crippen LogP contribution in [0.3, 0.4) is 0 Å². The van der Waals surface area contributed by atoms with Gasteiger partial charge in [0.1, 0.15) is 5.82 Å². The minimum atomic E-state index is -0.252. The topological polar surface area (TPSA) is 77.6 Å². The first kappa shape index (κ1) is 17.7. The van der Waals surface area contributed by atoms with Gasteiger partial charge in [0.2, 0.25) is 0 Å². The van der Waals surface area contributed by atoms with Crippen molar-refractivity contribution in [3.8, 4) is 0 Å². The number of aromatic nitrogens is 1. The summed E-state index contributed by atoms with van der Waals surface area (Å²) in [5, 5.41) is 5.76. The molecule has 7 heteroatoms. The Morgan fingerprint density at radius 3 is 2.35 bits per heavy atom. The molecule has 26 heavy (non-hydrogen) atoms. The van der Waals surface area contributed by atoms with Gasteiger partial charge in [0, 0.05) is 38.9 Å². The number of rotatable bonds is 4. The molecule has 7 nitrogen and oxygen atoms in total. The van der Waals surface area contributed by atoms with Crippen molar-refractivity contribution in [3.05, 3.63) is 48.2 Å². The van der Waals surface area contributed by atoms with Crippen LogP contribution in [-0.4, -0.2) is 49.0 Å². The molecule has 0 bridgehead atoms. The Morgan fingerprint density at radius 1 is 1.04 bits per heavy atom. The Balaban J connectivity index is 1.74. The third-order valence-electron chi connectivity index (χ3n) is 4.28. The van der Waals surface area contributed by atoms with E-state index in [1.165, 1.54) is 0 Å². The predicted molar refractivity (Wildman–Crippen MR) is 103 cm³/mol. The summed E-state index contributed by atoms with van der Waals surface area (Å²) >= 11 is 0. The van der Waals surface area contributed by atoms with Crippen molar-refractivity contribution in [2.45, 2.75) is 12.8 Å². The van der Waals surface area contributed by atoms with Crippen molar-refractivity contribution in [3.63, 3.8) is 0 Å². The van der Waals surface area contributed by atoms with Gasteiger partial charge in [0.05, 0.1) is 11.4 Å². The molecule has 0 radical (unpaired) electrons. The number of likely N-dealkylation sites (tertiary alicyclic amines) is 1. The van der Waals surface area contributed by atoms with Crippen molar-refractivity contribution < 1.29 is 9.59 Å². The lowest BCUT2D eigenvalue weighted by Crippen LogP contribution is -2.32. The molecule has 1 aromatic carbocycles. The van der Waals surface area contributed by atoms with Crippen LogP contribution >= 0.6 is 0 Å². The van der Waals surface area contributed by atoms with Gasteiger partial charge in [0.25, 0.3) is 5.91 Å². The molecule has 3 amide bonds. The number of carbonyl (C=O) groups excluding carboxylic acids is 2. The highest BCUT2D eigenvalue weighted by Gasteiger charge is 2.19. The highest BCUT2D eigenvalue weighted by atomic mass is 16.2. The van der Waals surface area contributed by atoms with E-state index in [-0.39, 0.29) is 11.9 Å². The molecule has 2 N–H and O–H groups in total. The lowest BCUT2D eigenvalue weighted by Gasteiger charge is -2.18. The Hall–Kier alpha value is -3.09. The number of carbonyl (C=O) groups is 2. The second-order valence-corrected chi connectivity index (χ2v) is 6.42. The zero-order chi connectivity index (χ0) is 18.5. The number of nitrogens with zero attached hydrogens (tertiary/aromatic N) is 3. The summed E-state index contributed by atoms with van der Waals surface area (Å²) in [6.07, 6.45) is 3.66. The molecule has 1 aliphatic rings. The quantitative estimate of drug-likeness (QED) is 0.886.